The van der Waals surface area contributed by atoms with Crippen molar-refractivity contribution in [1.82, 2.24) is 4.98 Å². The number of fused-ring (bicyclic) bond motifs is 1. The number of para-hydroxylation sites is 2. The summed E-state index contributed by atoms with van der Waals surface area (Å²) >= 11 is 0. The van der Waals surface area contributed by atoms with Gasteiger partial charge in [0, 0.05) is 6.54 Å². The number of hydrogen-bond donors (Lipinski definition) is 2. The van der Waals surface area contributed by atoms with Gasteiger partial charge in [-0.1, -0.05) is 26.0 Å². The molecule has 108 valence electrons. The fourth-order valence-electron chi connectivity index (χ4n) is 2.76. The van der Waals surface area contributed by atoms with Crippen LogP contribution in [0.2, 0.25) is 0 Å². The quantitative estimate of drug-likeness (QED) is 0.898. The number of anilines is 1. The van der Waals surface area contributed by atoms with Gasteiger partial charge in [-0.3, -0.25) is 0 Å². The van der Waals surface area contributed by atoms with E-state index in [0.29, 0.717) is 18.0 Å². The summed E-state index contributed by atoms with van der Waals surface area (Å²) in [5.74, 6) is 0. The number of rotatable bonds is 3. The summed E-state index contributed by atoms with van der Waals surface area (Å²) < 4.78 is 5.61. The first-order chi connectivity index (χ1) is 9.46. The number of oxazole rings is 1. The summed E-state index contributed by atoms with van der Waals surface area (Å²) in [6.45, 7) is 5.03. The molecule has 1 aliphatic rings. The Bertz CT molecular complexity index is 560. The van der Waals surface area contributed by atoms with Crippen molar-refractivity contribution in [3.8, 4) is 0 Å². The van der Waals surface area contributed by atoms with Crippen LogP contribution in [0.15, 0.2) is 28.7 Å². The lowest BCUT2D eigenvalue weighted by Crippen LogP contribution is -2.42. The minimum atomic E-state index is -0.643. The zero-order chi connectivity index (χ0) is 14.2. The van der Waals surface area contributed by atoms with Crippen LogP contribution < -0.4 is 5.32 Å². The first kappa shape index (κ1) is 13.4. The van der Waals surface area contributed by atoms with Gasteiger partial charge in [-0.25, -0.2) is 0 Å². The van der Waals surface area contributed by atoms with Crippen LogP contribution in [0.4, 0.5) is 6.01 Å². The highest BCUT2D eigenvalue weighted by Crippen LogP contribution is 2.40. The van der Waals surface area contributed by atoms with Gasteiger partial charge in [0.25, 0.3) is 6.01 Å². The van der Waals surface area contributed by atoms with E-state index >= 15 is 0 Å². The van der Waals surface area contributed by atoms with Gasteiger partial charge in [-0.15, -0.1) is 0 Å². The predicted molar refractivity (Wildman–Crippen MR) is 79.7 cm³/mol. The van der Waals surface area contributed by atoms with Gasteiger partial charge < -0.3 is 14.8 Å². The predicted octanol–water partition coefficient (Wildman–Crippen LogP) is 3.57. The highest BCUT2D eigenvalue weighted by molar-refractivity contribution is 5.74. The molecule has 0 spiro atoms. The van der Waals surface area contributed by atoms with E-state index in [2.05, 4.69) is 24.1 Å². The molecular formula is C16H22N2O2. The zero-order valence-corrected chi connectivity index (χ0v) is 12.1. The molecule has 1 saturated carbocycles. The van der Waals surface area contributed by atoms with Crippen molar-refractivity contribution in [1.29, 1.82) is 0 Å². The molecule has 1 aromatic carbocycles. The molecule has 0 aliphatic heterocycles. The molecule has 1 heterocycles. The van der Waals surface area contributed by atoms with Gasteiger partial charge in [0.2, 0.25) is 0 Å². The van der Waals surface area contributed by atoms with Gasteiger partial charge in [-0.2, -0.15) is 4.98 Å². The van der Waals surface area contributed by atoms with E-state index in [0.717, 1.165) is 36.8 Å². The topological polar surface area (TPSA) is 58.3 Å². The zero-order valence-electron chi connectivity index (χ0n) is 12.1. The minimum absolute atomic E-state index is 0.351. The monoisotopic (exact) mass is 274 g/mol. The average molecular weight is 274 g/mol. The third kappa shape index (κ3) is 2.80. The molecule has 0 saturated heterocycles. The molecular weight excluding hydrogens is 252 g/mol. The highest BCUT2D eigenvalue weighted by Gasteiger charge is 2.36. The lowest BCUT2D eigenvalue weighted by Gasteiger charge is -2.40. The second-order valence-electron chi connectivity index (χ2n) is 6.73. The molecule has 1 aliphatic carbocycles. The van der Waals surface area contributed by atoms with Crippen LogP contribution in [0.3, 0.4) is 0 Å². The Morgan fingerprint density at radius 2 is 1.90 bits per heavy atom. The summed E-state index contributed by atoms with van der Waals surface area (Å²) in [6, 6.07) is 8.16. The molecule has 0 unspecified atom stereocenters. The van der Waals surface area contributed by atoms with Crippen molar-refractivity contribution >= 4 is 17.1 Å². The van der Waals surface area contributed by atoms with Crippen molar-refractivity contribution < 1.29 is 9.52 Å². The summed E-state index contributed by atoms with van der Waals surface area (Å²) in [4.78, 5) is 4.37. The van der Waals surface area contributed by atoms with E-state index in [1.165, 1.54) is 0 Å². The normalized spacial score (nSPS) is 20.9. The van der Waals surface area contributed by atoms with Crippen LogP contribution in [0.5, 0.6) is 0 Å². The summed E-state index contributed by atoms with van der Waals surface area (Å²) in [7, 11) is 0. The molecule has 0 atom stereocenters. The van der Waals surface area contributed by atoms with E-state index in [4.69, 9.17) is 4.42 Å². The van der Waals surface area contributed by atoms with Crippen molar-refractivity contribution in [2.24, 2.45) is 5.41 Å². The van der Waals surface area contributed by atoms with Crippen molar-refractivity contribution in [3.63, 3.8) is 0 Å². The van der Waals surface area contributed by atoms with Crippen LogP contribution in [0, 0.1) is 5.41 Å². The van der Waals surface area contributed by atoms with Crippen LogP contribution in [-0.4, -0.2) is 22.2 Å². The molecule has 4 heteroatoms. The van der Waals surface area contributed by atoms with E-state index in [9.17, 15) is 5.11 Å². The van der Waals surface area contributed by atoms with Crippen LogP contribution in [0.25, 0.3) is 11.1 Å². The van der Waals surface area contributed by atoms with Crippen LogP contribution in [0.1, 0.15) is 39.5 Å². The third-order valence-corrected chi connectivity index (χ3v) is 4.40. The first-order valence-corrected chi connectivity index (χ1v) is 7.28. The second-order valence-corrected chi connectivity index (χ2v) is 6.73. The number of benzene rings is 1. The SMILES string of the molecule is CC1(C)CCC(O)(CNc2nc3ccccc3o2)CC1. The summed E-state index contributed by atoms with van der Waals surface area (Å²) in [5.41, 5.74) is 1.32. The Morgan fingerprint density at radius 3 is 2.60 bits per heavy atom. The molecule has 0 bridgehead atoms. The third-order valence-electron chi connectivity index (χ3n) is 4.40. The number of nitrogens with one attached hydrogen (secondary N) is 1. The van der Waals surface area contributed by atoms with Gasteiger partial charge in [0.15, 0.2) is 5.58 Å². The molecule has 0 radical (unpaired) electrons. The van der Waals surface area contributed by atoms with Crippen molar-refractivity contribution in [3.05, 3.63) is 24.3 Å². The maximum Gasteiger partial charge on any atom is 0.295 e. The molecule has 2 N–H and O–H groups in total. The van der Waals surface area contributed by atoms with Gasteiger partial charge in [0.05, 0.1) is 5.60 Å². The molecule has 1 fully saturated rings. The smallest absolute Gasteiger partial charge is 0.295 e. The maximum atomic E-state index is 10.6. The Hall–Kier alpha value is -1.55. The lowest BCUT2D eigenvalue weighted by molar-refractivity contribution is -0.0148. The number of nitrogens with zero attached hydrogens (tertiary/aromatic N) is 1. The number of aromatic nitrogens is 1. The lowest BCUT2D eigenvalue weighted by atomic mass is 9.71. The molecule has 4 nitrogen and oxygen atoms in total. The van der Waals surface area contributed by atoms with Crippen molar-refractivity contribution in [2.45, 2.75) is 45.1 Å². The second kappa shape index (κ2) is 4.77. The van der Waals surface area contributed by atoms with Gasteiger partial charge in [-0.05, 0) is 43.2 Å². The Morgan fingerprint density at radius 1 is 1.20 bits per heavy atom. The number of aliphatic hydroxyl groups is 1. The highest BCUT2D eigenvalue weighted by atomic mass is 16.4. The Kier molecular flexibility index (Phi) is 3.21. The molecule has 0 amide bonds. The van der Waals surface area contributed by atoms with E-state index in [-0.39, 0.29) is 0 Å². The molecule has 3 rings (SSSR count). The summed E-state index contributed by atoms with van der Waals surface area (Å²) in [5, 5.41) is 13.8. The molecule has 1 aromatic heterocycles. The fourth-order valence-corrected chi connectivity index (χ4v) is 2.76. The van der Waals surface area contributed by atoms with E-state index in [1.54, 1.807) is 0 Å². The van der Waals surface area contributed by atoms with E-state index < -0.39 is 5.60 Å². The Balaban J connectivity index is 1.64. The van der Waals surface area contributed by atoms with Crippen LogP contribution >= 0.6 is 0 Å². The Labute approximate surface area is 119 Å². The van der Waals surface area contributed by atoms with Crippen LogP contribution in [-0.2, 0) is 0 Å². The van der Waals surface area contributed by atoms with E-state index in [1.807, 2.05) is 24.3 Å². The first-order valence-electron chi connectivity index (χ1n) is 7.28. The average Bonchev–Trinajstić information content (AvgIpc) is 2.84. The molecule has 2 aromatic rings. The summed E-state index contributed by atoms with van der Waals surface area (Å²) in [6.07, 6.45) is 3.76. The van der Waals surface area contributed by atoms with Gasteiger partial charge >= 0.3 is 0 Å². The standard InChI is InChI=1S/C16H22N2O2/c1-15(2)7-9-16(19,10-8-15)11-17-14-18-12-5-3-4-6-13(12)20-14/h3-6,19H,7-11H2,1-2H3,(H,17,18). The molecule has 20 heavy (non-hydrogen) atoms. The fraction of sp³-hybridized carbons (Fsp3) is 0.562. The van der Waals surface area contributed by atoms with Gasteiger partial charge in [0.1, 0.15) is 5.52 Å². The number of hydrogen-bond acceptors (Lipinski definition) is 4. The maximum absolute atomic E-state index is 10.6. The largest absolute Gasteiger partial charge is 0.424 e. The minimum Gasteiger partial charge on any atom is -0.424 e. The van der Waals surface area contributed by atoms with Crippen molar-refractivity contribution in [2.75, 3.05) is 11.9 Å².